The number of halogens is 1. The number of ether oxygens (including phenoxy) is 1. The number of nitrogens with one attached hydrogen (secondary N) is 1. The molecule has 1 fully saturated rings. The minimum absolute atomic E-state index is 0.0894. The van der Waals surface area contributed by atoms with Crippen LogP contribution in [0.1, 0.15) is 28.8 Å². The maximum absolute atomic E-state index is 13.1. The van der Waals surface area contributed by atoms with Crippen LogP contribution in [0, 0.1) is 11.7 Å². The van der Waals surface area contributed by atoms with Gasteiger partial charge >= 0.3 is 0 Å². The minimum Gasteiger partial charge on any atom is -0.381 e. The number of hydrogen-bond donors (Lipinski definition) is 1. The molecule has 0 bridgehead atoms. The average molecular weight is 368 g/mol. The summed E-state index contributed by atoms with van der Waals surface area (Å²) >= 11 is 0. The smallest absolute Gasteiger partial charge is 0.255 e. The van der Waals surface area contributed by atoms with Gasteiger partial charge in [0.1, 0.15) is 5.82 Å². The monoisotopic (exact) mass is 368 g/mol. The number of carbonyl (C=O) groups is 2. The normalized spacial score (nSPS) is 18.9. The van der Waals surface area contributed by atoms with Crippen LogP contribution in [0.2, 0.25) is 0 Å². The molecule has 2 aromatic carbocycles. The topological polar surface area (TPSA) is 58.6 Å². The lowest BCUT2D eigenvalue weighted by Gasteiger charge is -2.32. The van der Waals surface area contributed by atoms with Crippen molar-refractivity contribution in [3.8, 4) is 0 Å². The first kappa shape index (κ1) is 17.7. The van der Waals surface area contributed by atoms with E-state index in [0.717, 1.165) is 30.5 Å². The Balaban J connectivity index is 1.58. The standard InChI is InChI=1S/C21H21FN2O3/c22-16-8-6-14(7-9-16)20(25)23-18-4-1-5-19-17(18)3-2-11-24(19)21(26)15-10-12-27-13-15/h1,4-9,15H,2-3,10-13H2,(H,23,25)/t15-/m1/s1. The first-order chi connectivity index (χ1) is 13.1. The van der Waals surface area contributed by atoms with Crippen LogP contribution in [0.25, 0.3) is 0 Å². The molecule has 4 rings (SSSR count). The second-order valence-electron chi connectivity index (χ2n) is 6.92. The third kappa shape index (κ3) is 3.57. The molecule has 1 saturated heterocycles. The Hall–Kier alpha value is -2.73. The number of benzene rings is 2. The van der Waals surface area contributed by atoms with Gasteiger partial charge in [-0.1, -0.05) is 6.07 Å². The molecule has 140 valence electrons. The van der Waals surface area contributed by atoms with Crippen molar-refractivity contribution in [2.24, 2.45) is 5.92 Å². The number of rotatable bonds is 3. The Kier molecular flexibility index (Phi) is 4.90. The van der Waals surface area contributed by atoms with Gasteiger partial charge in [0.2, 0.25) is 5.91 Å². The van der Waals surface area contributed by atoms with Crippen LogP contribution >= 0.6 is 0 Å². The molecule has 6 heteroatoms. The largest absolute Gasteiger partial charge is 0.381 e. The van der Waals surface area contributed by atoms with E-state index >= 15 is 0 Å². The molecule has 1 atom stereocenters. The van der Waals surface area contributed by atoms with E-state index < -0.39 is 0 Å². The maximum atomic E-state index is 13.1. The van der Waals surface area contributed by atoms with Crippen molar-refractivity contribution in [1.29, 1.82) is 0 Å². The molecule has 5 nitrogen and oxygen atoms in total. The first-order valence-corrected chi connectivity index (χ1v) is 9.21. The SMILES string of the molecule is O=C(Nc1cccc2c1CCCN2C(=O)[C@@H]1CCOC1)c1ccc(F)cc1. The van der Waals surface area contributed by atoms with Crippen molar-refractivity contribution in [3.63, 3.8) is 0 Å². The van der Waals surface area contributed by atoms with Crippen molar-refractivity contribution in [1.82, 2.24) is 0 Å². The molecule has 2 aromatic rings. The van der Waals surface area contributed by atoms with E-state index in [1.165, 1.54) is 24.3 Å². The number of amides is 2. The third-order valence-corrected chi connectivity index (χ3v) is 5.15. The molecule has 2 amide bonds. The van der Waals surface area contributed by atoms with Gasteiger partial charge in [0.15, 0.2) is 0 Å². The fraction of sp³-hybridized carbons (Fsp3) is 0.333. The van der Waals surface area contributed by atoms with Crippen LogP contribution < -0.4 is 10.2 Å². The molecule has 0 radical (unpaired) electrons. The summed E-state index contributed by atoms with van der Waals surface area (Å²) in [6, 6.07) is 11.0. The van der Waals surface area contributed by atoms with E-state index in [2.05, 4.69) is 5.32 Å². The highest BCUT2D eigenvalue weighted by Gasteiger charge is 2.32. The predicted molar refractivity (Wildman–Crippen MR) is 100 cm³/mol. The summed E-state index contributed by atoms with van der Waals surface area (Å²) in [6.07, 6.45) is 2.39. The predicted octanol–water partition coefficient (Wildman–Crippen LogP) is 3.39. The highest BCUT2D eigenvalue weighted by molar-refractivity contribution is 6.05. The lowest BCUT2D eigenvalue weighted by molar-refractivity contribution is -0.122. The number of anilines is 2. The van der Waals surface area contributed by atoms with Gasteiger partial charge in [-0.15, -0.1) is 0 Å². The molecule has 1 N–H and O–H groups in total. The van der Waals surface area contributed by atoms with E-state index in [-0.39, 0.29) is 23.5 Å². The van der Waals surface area contributed by atoms with E-state index in [0.29, 0.717) is 31.0 Å². The first-order valence-electron chi connectivity index (χ1n) is 9.21. The van der Waals surface area contributed by atoms with E-state index in [1.807, 2.05) is 23.1 Å². The molecular formula is C21H21FN2O3. The maximum Gasteiger partial charge on any atom is 0.255 e. The quantitative estimate of drug-likeness (QED) is 0.903. The number of fused-ring (bicyclic) bond motifs is 1. The highest BCUT2D eigenvalue weighted by atomic mass is 19.1. The van der Waals surface area contributed by atoms with Crippen molar-refractivity contribution >= 4 is 23.2 Å². The molecule has 2 heterocycles. The zero-order valence-electron chi connectivity index (χ0n) is 14.9. The van der Waals surface area contributed by atoms with Crippen LogP contribution in [0.15, 0.2) is 42.5 Å². The van der Waals surface area contributed by atoms with Gasteiger partial charge < -0.3 is 15.0 Å². The van der Waals surface area contributed by atoms with Crippen molar-refractivity contribution in [3.05, 3.63) is 59.4 Å². The summed E-state index contributed by atoms with van der Waals surface area (Å²) < 4.78 is 18.4. The average Bonchev–Trinajstić information content (AvgIpc) is 3.22. The van der Waals surface area contributed by atoms with Crippen LogP contribution in [0.5, 0.6) is 0 Å². The lowest BCUT2D eigenvalue weighted by Crippen LogP contribution is -2.40. The van der Waals surface area contributed by atoms with Gasteiger partial charge in [-0.05, 0) is 61.2 Å². The van der Waals surface area contributed by atoms with Gasteiger partial charge in [0.05, 0.1) is 12.5 Å². The van der Waals surface area contributed by atoms with Crippen LogP contribution in [0.4, 0.5) is 15.8 Å². The van der Waals surface area contributed by atoms with Crippen molar-refractivity contribution < 1.29 is 18.7 Å². The molecule has 0 saturated carbocycles. The zero-order chi connectivity index (χ0) is 18.8. The Morgan fingerprint density at radius 2 is 1.96 bits per heavy atom. The summed E-state index contributed by atoms with van der Waals surface area (Å²) in [4.78, 5) is 27.2. The molecular weight excluding hydrogens is 347 g/mol. The molecule has 0 spiro atoms. The van der Waals surface area contributed by atoms with Gasteiger partial charge in [0.25, 0.3) is 5.91 Å². The van der Waals surface area contributed by atoms with Crippen molar-refractivity contribution in [2.75, 3.05) is 30.0 Å². The van der Waals surface area contributed by atoms with Gasteiger partial charge in [-0.3, -0.25) is 9.59 Å². The van der Waals surface area contributed by atoms with Crippen LogP contribution in [-0.2, 0) is 16.0 Å². The second kappa shape index (κ2) is 7.48. The van der Waals surface area contributed by atoms with Gasteiger partial charge in [-0.25, -0.2) is 4.39 Å². The van der Waals surface area contributed by atoms with Crippen LogP contribution in [-0.4, -0.2) is 31.6 Å². The Morgan fingerprint density at radius 1 is 1.15 bits per heavy atom. The summed E-state index contributed by atoms with van der Waals surface area (Å²) in [5.41, 5.74) is 2.91. The number of nitrogens with zero attached hydrogens (tertiary/aromatic N) is 1. The summed E-state index contributed by atoms with van der Waals surface area (Å²) in [5, 5.41) is 2.91. The molecule has 2 aliphatic heterocycles. The minimum atomic E-state index is -0.381. The van der Waals surface area contributed by atoms with Crippen LogP contribution in [0.3, 0.4) is 0 Å². The summed E-state index contributed by atoms with van der Waals surface area (Å²) in [7, 11) is 0. The molecule has 0 unspecified atom stereocenters. The van der Waals surface area contributed by atoms with Gasteiger partial charge in [-0.2, -0.15) is 0 Å². The fourth-order valence-corrected chi connectivity index (χ4v) is 3.72. The van der Waals surface area contributed by atoms with Crippen molar-refractivity contribution in [2.45, 2.75) is 19.3 Å². The Labute approximate surface area is 157 Å². The molecule has 0 aromatic heterocycles. The molecule has 27 heavy (non-hydrogen) atoms. The van der Waals surface area contributed by atoms with Gasteiger partial charge in [0, 0.05) is 30.1 Å². The van der Waals surface area contributed by atoms with E-state index in [1.54, 1.807) is 0 Å². The number of carbonyl (C=O) groups excluding carboxylic acids is 2. The highest BCUT2D eigenvalue weighted by Crippen LogP contribution is 2.34. The zero-order valence-corrected chi connectivity index (χ0v) is 14.9. The lowest BCUT2D eigenvalue weighted by atomic mass is 9.97. The summed E-state index contributed by atoms with van der Waals surface area (Å²) in [5.74, 6) is -0.673. The fourth-order valence-electron chi connectivity index (χ4n) is 3.72. The number of hydrogen-bond acceptors (Lipinski definition) is 3. The Bertz CT molecular complexity index is 860. The molecule has 2 aliphatic rings. The van der Waals surface area contributed by atoms with E-state index in [4.69, 9.17) is 4.74 Å². The Morgan fingerprint density at radius 3 is 2.70 bits per heavy atom. The summed E-state index contributed by atoms with van der Waals surface area (Å²) in [6.45, 7) is 1.79. The second-order valence-corrected chi connectivity index (χ2v) is 6.92. The third-order valence-electron chi connectivity index (χ3n) is 5.15. The van der Waals surface area contributed by atoms with E-state index in [9.17, 15) is 14.0 Å². The molecule has 0 aliphatic carbocycles.